The first-order chi connectivity index (χ1) is 12.8. The third-order valence-corrected chi connectivity index (χ3v) is 4.96. The van der Waals surface area contributed by atoms with E-state index in [9.17, 15) is 9.59 Å². The number of amides is 1. The van der Waals surface area contributed by atoms with Crippen molar-refractivity contribution in [3.63, 3.8) is 0 Å². The fourth-order valence-corrected chi connectivity index (χ4v) is 3.58. The predicted molar refractivity (Wildman–Crippen MR) is 105 cm³/mol. The second kappa shape index (κ2) is 7.72. The van der Waals surface area contributed by atoms with Gasteiger partial charge in [-0.15, -0.1) is 0 Å². The second-order valence-corrected chi connectivity index (χ2v) is 8.21. The van der Waals surface area contributed by atoms with E-state index in [1.54, 1.807) is 20.8 Å². The molecule has 27 heavy (non-hydrogen) atoms. The van der Waals surface area contributed by atoms with Crippen molar-refractivity contribution in [3.05, 3.63) is 71.8 Å². The zero-order valence-corrected chi connectivity index (χ0v) is 17.0. The normalized spacial score (nSPS) is 22.9. The number of morpholine rings is 1. The largest absolute Gasteiger partial charge is 0.453 e. The molecule has 142 valence electrons. The number of benzene rings is 2. The number of carbonyl (C=O) groups excluding carboxylic acids is 2. The van der Waals surface area contributed by atoms with Crippen LogP contribution in [0.25, 0.3) is 0 Å². The monoisotopic (exact) mass is 431 g/mol. The predicted octanol–water partition coefficient (Wildman–Crippen LogP) is 4.98. The van der Waals surface area contributed by atoms with Gasteiger partial charge in [0, 0.05) is 0 Å². The number of nitrogens with zero attached hydrogens (tertiary/aromatic N) is 1. The lowest BCUT2D eigenvalue weighted by atomic mass is 9.93. The molecule has 0 spiro atoms. The Morgan fingerprint density at radius 3 is 2.04 bits per heavy atom. The summed E-state index contributed by atoms with van der Waals surface area (Å²) in [5.41, 5.74) is 0.982. The number of alkyl halides is 1. The summed E-state index contributed by atoms with van der Waals surface area (Å²) in [5, 5.41) is 0. The van der Waals surface area contributed by atoms with Crippen LogP contribution in [0.5, 0.6) is 0 Å². The Kier molecular flexibility index (Phi) is 5.56. The molecule has 0 unspecified atom stereocenters. The van der Waals surface area contributed by atoms with Crippen molar-refractivity contribution in [2.24, 2.45) is 0 Å². The van der Waals surface area contributed by atoms with Crippen LogP contribution in [-0.4, -0.2) is 27.5 Å². The highest BCUT2D eigenvalue weighted by atomic mass is 79.9. The minimum Gasteiger partial charge on any atom is -0.453 e. The Morgan fingerprint density at radius 1 is 1.00 bits per heavy atom. The van der Waals surface area contributed by atoms with E-state index in [1.165, 1.54) is 4.90 Å². The summed E-state index contributed by atoms with van der Waals surface area (Å²) in [6.07, 6.45) is -1.21. The van der Waals surface area contributed by atoms with Gasteiger partial charge in [-0.25, -0.2) is 9.59 Å². The van der Waals surface area contributed by atoms with Crippen molar-refractivity contribution < 1.29 is 19.1 Å². The molecule has 1 fully saturated rings. The summed E-state index contributed by atoms with van der Waals surface area (Å²) in [6, 6.07) is 18.4. The van der Waals surface area contributed by atoms with Gasteiger partial charge in [-0.3, -0.25) is 4.90 Å². The average molecular weight is 432 g/mol. The van der Waals surface area contributed by atoms with Gasteiger partial charge in [0.2, 0.25) is 0 Å². The molecule has 3 rings (SSSR count). The van der Waals surface area contributed by atoms with Gasteiger partial charge in [-0.1, -0.05) is 76.6 Å². The average Bonchev–Trinajstić information content (AvgIpc) is 2.63. The molecule has 2 aromatic rings. The molecule has 1 aliphatic heterocycles. The third kappa shape index (κ3) is 4.33. The highest BCUT2D eigenvalue weighted by Crippen LogP contribution is 2.43. The summed E-state index contributed by atoms with van der Waals surface area (Å²) in [7, 11) is 0. The molecule has 0 saturated carbocycles. The number of carbonyl (C=O) groups is 2. The maximum absolute atomic E-state index is 13.0. The molecule has 1 saturated heterocycles. The maximum Gasteiger partial charge on any atom is 0.412 e. The van der Waals surface area contributed by atoms with Crippen molar-refractivity contribution in [2.45, 2.75) is 43.5 Å². The van der Waals surface area contributed by atoms with Gasteiger partial charge in [0.1, 0.15) is 11.6 Å². The molecule has 0 N–H and O–H groups in total. The summed E-state index contributed by atoms with van der Waals surface area (Å²) >= 11 is 3.32. The van der Waals surface area contributed by atoms with Crippen molar-refractivity contribution in [1.82, 2.24) is 4.90 Å². The Balaban J connectivity index is 2.09. The minimum atomic E-state index is -0.933. The first kappa shape index (κ1) is 19.4. The lowest BCUT2D eigenvalue weighted by Crippen LogP contribution is -2.52. The first-order valence-corrected chi connectivity index (χ1v) is 9.65. The van der Waals surface area contributed by atoms with Crippen LogP contribution in [0.1, 0.15) is 44.0 Å². The van der Waals surface area contributed by atoms with Gasteiger partial charge >= 0.3 is 12.1 Å². The van der Waals surface area contributed by atoms with Crippen molar-refractivity contribution in [2.75, 3.05) is 0 Å². The Hall–Kier alpha value is -2.34. The van der Waals surface area contributed by atoms with E-state index >= 15 is 0 Å². The lowest BCUT2D eigenvalue weighted by molar-refractivity contribution is -0.167. The van der Waals surface area contributed by atoms with E-state index in [2.05, 4.69) is 15.9 Å². The lowest BCUT2D eigenvalue weighted by Gasteiger charge is -2.43. The second-order valence-electron chi connectivity index (χ2n) is 7.35. The fourth-order valence-electron chi connectivity index (χ4n) is 3.05. The molecule has 3 atom stereocenters. The summed E-state index contributed by atoms with van der Waals surface area (Å²) < 4.78 is 11.3. The number of esters is 1. The van der Waals surface area contributed by atoms with Gasteiger partial charge in [0.25, 0.3) is 0 Å². The molecule has 2 aromatic carbocycles. The molecular weight excluding hydrogens is 410 g/mol. The van der Waals surface area contributed by atoms with Gasteiger partial charge in [0.15, 0.2) is 11.1 Å². The Morgan fingerprint density at radius 2 is 1.52 bits per heavy atom. The molecule has 6 heteroatoms. The highest BCUT2D eigenvalue weighted by Gasteiger charge is 2.48. The summed E-state index contributed by atoms with van der Waals surface area (Å²) in [6.45, 7) is 5.38. The van der Waals surface area contributed by atoms with Crippen LogP contribution in [0.15, 0.2) is 60.7 Å². The number of rotatable bonds is 2. The maximum atomic E-state index is 13.0. The molecule has 1 heterocycles. The Labute approximate surface area is 167 Å². The molecule has 0 aliphatic carbocycles. The van der Waals surface area contributed by atoms with Crippen LogP contribution in [0.3, 0.4) is 0 Å². The molecule has 0 aromatic heterocycles. The van der Waals surface area contributed by atoms with Crippen LogP contribution < -0.4 is 0 Å². The topological polar surface area (TPSA) is 55.8 Å². The van der Waals surface area contributed by atoms with E-state index in [-0.39, 0.29) is 0 Å². The molecule has 1 amide bonds. The van der Waals surface area contributed by atoms with Gasteiger partial charge < -0.3 is 9.47 Å². The van der Waals surface area contributed by atoms with E-state index < -0.39 is 34.8 Å². The number of halogens is 1. The Bertz CT molecular complexity index is 804. The quantitative estimate of drug-likeness (QED) is 0.382. The van der Waals surface area contributed by atoms with E-state index in [4.69, 9.17) is 9.47 Å². The smallest absolute Gasteiger partial charge is 0.412 e. The van der Waals surface area contributed by atoms with E-state index in [0.717, 1.165) is 11.1 Å². The molecule has 0 radical (unpaired) electrons. The summed E-state index contributed by atoms with van der Waals surface area (Å²) in [4.78, 5) is 26.0. The zero-order chi connectivity index (χ0) is 19.6. The number of cyclic esters (lactones) is 1. The van der Waals surface area contributed by atoms with Crippen molar-refractivity contribution in [3.8, 4) is 0 Å². The molecular formula is C21H22BrNO4. The number of hydrogen-bond acceptors (Lipinski definition) is 4. The van der Waals surface area contributed by atoms with Crippen LogP contribution in [0, 0.1) is 0 Å². The SMILES string of the molecule is CC(C)(C)OC(=O)N1[C@H](c2ccccc2)[C@@H](c2ccccc2)OC(=O)[C@@H]1Br. The van der Waals surface area contributed by atoms with Crippen molar-refractivity contribution >= 4 is 28.0 Å². The van der Waals surface area contributed by atoms with Crippen LogP contribution >= 0.6 is 15.9 Å². The van der Waals surface area contributed by atoms with Crippen LogP contribution in [0.2, 0.25) is 0 Å². The highest BCUT2D eigenvalue weighted by molar-refractivity contribution is 9.09. The van der Waals surface area contributed by atoms with Gasteiger partial charge in [-0.05, 0) is 31.9 Å². The fraction of sp³-hybridized carbons (Fsp3) is 0.333. The van der Waals surface area contributed by atoms with Gasteiger partial charge in [0.05, 0.1) is 0 Å². The van der Waals surface area contributed by atoms with E-state index in [0.29, 0.717) is 0 Å². The zero-order valence-electron chi connectivity index (χ0n) is 15.5. The van der Waals surface area contributed by atoms with Crippen LogP contribution in [-0.2, 0) is 14.3 Å². The minimum absolute atomic E-state index is 0.523. The molecule has 0 bridgehead atoms. The molecule has 1 aliphatic rings. The van der Waals surface area contributed by atoms with Crippen LogP contribution in [0.4, 0.5) is 4.79 Å². The molecule has 5 nitrogen and oxygen atoms in total. The van der Waals surface area contributed by atoms with Gasteiger partial charge in [-0.2, -0.15) is 0 Å². The summed E-state index contributed by atoms with van der Waals surface area (Å²) in [5.74, 6) is -0.526. The number of ether oxygens (including phenoxy) is 2. The van der Waals surface area contributed by atoms with E-state index in [1.807, 2.05) is 60.7 Å². The van der Waals surface area contributed by atoms with Crippen molar-refractivity contribution in [1.29, 1.82) is 0 Å². The first-order valence-electron chi connectivity index (χ1n) is 8.74. The third-order valence-electron chi connectivity index (χ3n) is 4.14. The standard InChI is InChI=1S/C21H22BrNO4/c1-21(2,3)27-20(25)23-16(14-10-6-4-7-11-14)17(26-19(24)18(23)22)15-12-8-5-9-13-15/h4-13,16-18H,1-3H3/t16-,17-,18-/m1/s1. The number of hydrogen-bond donors (Lipinski definition) is 0.